The minimum absolute atomic E-state index is 0.0243. The third-order valence-electron chi connectivity index (χ3n) is 3.40. The Morgan fingerprint density at radius 2 is 2.40 bits per heavy atom. The summed E-state index contributed by atoms with van der Waals surface area (Å²) in [7, 11) is 1.90. The van der Waals surface area contributed by atoms with Gasteiger partial charge in [-0.05, 0) is 31.2 Å². The van der Waals surface area contributed by atoms with Gasteiger partial charge >= 0.3 is 0 Å². The van der Waals surface area contributed by atoms with Gasteiger partial charge in [0.2, 0.25) is 0 Å². The molecular formula is C14H16N4OS. The molecule has 20 heavy (non-hydrogen) atoms. The summed E-state index contributed by atoms with van der Waals surface area (Å²) in [6.45, 7) is 1.99. The molecule has 0 spiro atoms. The van der Waals surface area contributed by atoms with Crippen LogP contribution in [0.4, 0.5) is 5.00 Å². The fraction of sp³-hybridized carbons (Fsp3) is 0.357. The molecule has 5 nitrogen and oxygen atoms in total. The number of aromatic nitrogens is 2. The zero-order valence-electron chi connectivity index (χ0n) is 11.5. The second kappa shape index (κ2) is 5.20. The maximum Gasteiger partial charge on any atom is 0.254 e. The summed E-state index contributed by atoms with van der Waals surface area (Å²) in [5, 5.41) is 9.79. The molecule has 0 radical (unpaired) electrons. The van der Waals surface area contributed by atoms with E-state index < -0.39 is 0 Å². The van der Waals surface area contributed by atoms with Crippen molar-refractivity contribution in [2.75, 3.05) is 0 Å². The molecule has 104 valence electrons. The predicted molar refractivity (Wildman–Crippen MR) is 80.0 cm³/mol. The fourth-order valence-electron chi connectivity index (χ4n) is 1.84. The lowest BCUT2D eigenvalue weighted by molar-refractivity contribution is 0.0952. The molecule has 1 N–H and O–H groups in total. The van der Waals surface area contributed by atoms with Crippen LogP contribution in [0, 0.1) is 6.92 Å². The van der Waals surface area contributed by atoms with Crippen LogP contribution in [0.15, 0.2) is 22.6 Å². The lowest BCUT2D eigenvalue weighted by atomic mass is 10.3. The van der Waals surface area contributed by atoms with Crippen molar-refractivity contribution in [3.05, 3.63) is 34.5 Å². The number of hydrogen-bond acceptors (Lipinski definition) is 4. The van der Waals surface area contributed by atoms with Crippen molar-refractivity contribution < 1.29 is 4.79 Å². The molecule has 0 aromatic carbocycles. The fourth-order valence-corrected chi connectivity index (χ4v) is 2.57. The van der Waals surface area contributed by atoms with Gasteiger partial charge in [0.05, 0.1) is 11.8 Å². The number of aryl methyl sites for hydroxylation is 1. The van der Waals surface area contributed by atoms with Gasteiger partial charge < -0.3 is 5.32 Å². The van der Waals surface area contributed by atoms with Crippen molar-refractivity contribution in [2.24, 2.45) is 12.0 Å². The van der Waals surface area contributed by atoms with E-state index in [1.165, 1.54) is 11.3 Å². The Bertz CT molecular complexity index is 667. The lowest BCUT2D eigenvalue weighted by Crippen LogP contribution is -2.24. The molecule has 1 saturated carbocycles. The van der Waals surface area contributed by atoms with Gasteiger partial charge in [-0.15, -0.1) is 11.3 Å². The Morgan fingerprint density at radius 1 is 1.60 bits per heavy atom. The summed E-state index contributed by atoms with van der Waals surface area (Å²) in [4.78, 5) is 16.5. The van der Waals surface area contributed by atoms with Gasteiger partial charge in [-0.2, -0.15) is 5.10 Å². The summed E-state index contributed by atoms with van der Waals surface area (Å²) in [6.07, 6.45) is 5.71. The molecule has 2 aromatic rings. The first-order valence-corrected chi connectivity index (χ1v) is 7.44. The number of carbonyl (C=O) groups is 1. The second-order valence-electron chi connectivity index (χ2n) is 4.95. The van der Waals surface area contributed by atoms with E-state index in [9.17, 15) is 4.79 Å². The normalized spacial score (nSPS) is 14.9. The van der Waals surface area contributed by atoms with Crippen LogP contribution in [0.1, 0.15) is 34.5 Å². The molecule has 2 aromatic heterocycles. The molecule has 6 heteroatoms. The molecule has 1 aliphatic carbocycles. The minimum atomic E-state index is -0.0243. The predicted octanol–water partition coefficient (Wildman–Crippen LogP) is 2.43. The monoisotopic (exact) mass is 288 g/mol. The Labute approximate surface area is 121 Å². The van der Waals surface area contributed by atoms with Gasteiger partial charge in [-0.25, -0.2) is 4.99 Å². The van der Waals surface area contributed by atoms with Crippen molar-refractivity contribution >= 4 is 28.5 Å². The molecule has 0 saturated heterocycles. The third kappa shape index (κ3) is 2.65. The molecule has 3 rings (SSSR count). The van der Waals surface area contributed by atoms with Crippen LogP contribution >= 0.6 is 11.3 Å². The number of nitrogens with one attached hydrogen (secondary N) is 1. The SMILES string of the molecule is Cc1c(/C=N/c2sccc2C(=O)NC2CC2)cnn1C. The molecular weight excluding hydrogens is 272 g/mol. The molecule has 1 fully saturated rings. The lowest BCUT2D eigenvalue weighted by Gasteiger charge is -2.01. The zero-order chi connectivity index (χ0) is 14.1. The van der Waals surface area contributed by atoms with Gasteiger partial charge in [0.15, 0.2) is 0 Å². The first kappa shape index (κ1) is 13.1. The van der Waals surface area contributed by atoms with E-state index in [1.807, 2.05) is 25.4 Å². The van der Waals surface area contributed by atoms with Gasteiger partial charge in [-0.1, -0.05) is 0 Å². The number of nitrogens with zero attached hydrogens (tertiary/aromatic N) is 3. The highest BCUT2D eigenvalue weighted by Crippen LogP contribution is 2.28. The first-order chi connectivity index (χ1) is 9.65. The van der Waals surface area contributed by atoms with Gasteiger partial charge in [0, 0.05) is 30.6 Å². The highest BCUT2D eigenvalue weighted by atomic mass is 32.1. The molecule has 0 unspecified atom stereocenters. The van der Waals surface area contributed by atoms with Crippen LogP contribution in [-0.4, -0.2) is 27.9 Å². The summed E-state index contributed by atoms with van der Waals surface area (Å²) in [5.74, 6) is -0.0243. The van der Waals surface area contributed by atoms with E-state index >= 15 is 0 Å². The second-order valence-corrected chi connectivity index (χ2v) is 5.85. The quantitative estimate of drug-likeness (QED) is 0.878. The Balaban J connectivity index is 1.79. The van der Waals surface area contributed by atoms with Crippen molar-refractivity contribution in [3.63, 3.8) is 0 Å². The van der Waals surface area contributed by atoms with E-state index in [0.717, 1.165) is 29.1 Å². The van der Waals surface area contributed by atoms with E-state index in [1.54, 1.807) is 17.1 Å². The van der Waals surface area contributed by atoms with Gasteiger partial charge in [-0.3, -0.25) is 9.48 Å². The van der Waals surface area contributed by atoms with Crippen LogP contribution in [0.2, 0.25) is 0 Å². The Morgan fingerprint density at radius 3 is 3.05 bits per heavy atom. The number of amides is 1. The smallest absolute Gasteiger partial charge is 0.254 e. The number of carbonyl (C=O) groups excluding carboxylic acids is 1. The van der Waals surface area contributed by atoms with Crippen molar-refractivity contribution in [1.82, 2.24) is 15.1 Å². The Hall–Kier alpha value is -1.95. The average molecular weight is 288 g/mol. The van der Waals surface area contributed by atoms with E-state index in [-0.39, 0.29) is 5.91 Å². The van der Waals surface area contributed by atoms with E-state index in [0.29, 0.717) is 11.6 Å². The standard InChI is InChI=1S/C14H16N4OS/c1-9-10(8-16-18(9)2)7-15-14-12(5-6-20-14)13(19)17-11-3-4-11/h5-8,11H,3-4H2,1-2H3,(H,17,19)/b15-7+. The van der Waals surface area contributed by atoms with Crippen molar-refractivity contribution in [1.29, 1.82) is 0 Å². The number of hydrogen-bond donors (Lipinski definition) is 1. The molecule has 0 aliphatic heterocycles. The van der Waals surface area contributed by atoms with Crippen LogP contribution in [0.3, 0.4) is 0 Å². The summed E-state index contributed by atoms with van der Waals surface area (Å²) >= 11 is 1.47. The van der Waals surface area contributed by atoms with Gasteiger partial charge in [0.1, 0.15) is 5.00 Å². The highest BCUT2D eigenvalue weighted by molar-refractivity contribution is 7.14. The molecule has 1 aliphatic rings. The van der Waals surface area contributed by atoms with Gasteiger partial charge in [0.25, 0.3) is 5.91 Å². The summed E-state index contributed by atoms with van der Waals surface area (Å²) < 4.78 is 1.80. The molecule has 1 amide bonds. The Kier molecular flexibility index (Phi) is 3.40. The van der Waals surface area contributed by atoms with E-state index in [4.69, 9.17) is 0 Å². The summed E-state index contributed by atoms with van der Waals surface area (Å²) in [5.41, 5.74) is 2.67. The summed E-state index contributed by atoms with van der Waals surface area (Å²) in [6, 6.07) is 2.19. The first-order valence-electron chi connectivity index (χ1n) is 6.56. The topological polar surface area (TPSA) is 59.3 Å². The van der Waals surface area contributed by atoms with E-state index in [2.05, 4.69) is 15.4 Å². The molecule has 0 atom stereocenters. The maximum atomic E-state index is 12.1. The van der Waals surface area contributed by atoms with Crippen LogP contribution in [-0.2, 0) is 7.05 Å². The van der Waals surface area contributed by atoms with Crippen molar-refractivity contribution in [2.45, 2.75) is 25.8 Å². The zero-order valence-corrected chi connectivity index (χ0v) is 12.3. The van der Waals surface area contributed by atoms with Crippen LogP contribution < -0.4 is 5.32 Å². The average Bonchev–Trinajstić information content (AvgIpc) is 3.01. The largest absolute Gasteiger partial charge is 0.349 e. The molecule has 0 bridgehead atoms. The minimum Gasteiger partial charge on any atom is -0.349 e. The number of thiophene rings is 1. The number of aliphatic imine (C=N–C) groups is 1. The molecule has 2 heterocycles. The highest BCUT2D eigenvalue weighted by Gasteiger charge is 2.25. The number of rotatable bonds is 4. The third-order valence-corrected chi connectivity index (χ3v) is 4.22. The van der Waals surface area contributed by atoms with Crippen LogP contribution in [0.25, 0.3) is 0 Å². The van der Waals surface area contributed by atoms with Crippen molar-refractivity contribution in [3.8, 4) is 0 Å². The maximum absolute atomic E-state index is 12.1. The van der Waals surface area contributed by atoms with Crippen LogP contribution in [0.5, 0.6) is 0 Å².